The predicted octanol–water partition coefficient (Wildman–Crippen LogP) is 1.29. The minimum atomic E-state index is -0.0671. The van der Waals surface area contributed by atoms with Crippen LogP contribution in [0.25, 0.3) is 0 Å². The molecule has 0 atom stereocenters. The third kappa shape index (κ3) is 3.65. The molecule has 0 saturated carbocycles. The number of aromatic nitrogens is 3. The molecule has 0 aliphatic carbocycles. The van der Waals surface area contributed by atoms with Crippen LogP contribution in [0.1, 0.15) is 23.2 Å². The molecule has 122 valence electrons. The van der Waals surface area contributed by atoms with Crippen molar-refractivity contribution in [2.24, 2.45) is 0 Å². The molecule has 0 unspecified atom stereocenters. The Bertz CT molecular complexity index is 678. The molecule has 1 amide bonds. The Balaban J connectivity index is 1.68. The minimum absolute atomic E-state index is 0.0671. The number of nitrogens with zero attached hydrogens (tertiary/aromatic N) is 5. The van der Waals surface area contributed by atoms with E-state index in [2.05, 4.69) is 32.3 Å². The molecule has 3 rings (SSSR count). The number of piperazine rings is 1. The van der Waals surface area contributed by atoms with E-state index >= 15 is 0 Å². The van der Waals surface area contributed by atoms with Crippen LogP contribution in [0.3, 0.4) is 0 Å². The molecule has 0 bridgehead atoms. The number of carbonyl (C=O) groups excluding carboxylic acids is 1. The molecule has 1 N–H and O–H groups in total. The van der Waals surface area contributed by atoms with Crippen LogP contribution in [0, 0.1) is 6.92 Å². The lowest BCUT2D eigenvalue weighted by atomic mass is 10.2. The largest absolute Gasteiger partial charge is 0.360 e. The summed E-state index contributed by atoms with van der Waals surface area (Å²) in [5.41, 5.74) is 0.382. The first-order chi connectivity index (χ1) is 11.2. The van der Waals surface area contributed by atoms with Crippen LogP contribution in [-0.4, -0.2) is 63.6 Å². The highest BCUT2D eigenvalue weighted by molar-refractivity contribution is 5.93. The maximum Gasteiger partial charge on any atom is 0.272 e. The van der Waals surface area contributed by atoms with Gasteiger partial charge in [-0.1, -0.05) is 12.1 Å². The van der Waals surface area contributed by atoms with Crippen molar-refractivity contribution in [3.8, 4) is 0 Å². The van der Waals surface area contributed by atoms with E-state index in [1.165, 1.54) is 6.33 Å². The fourth-order valence-corrected chi connectivity index (χ4v) is 2.53. The van der Waals surface area contributed by atoms with Crippen LogP contribution in [0.2, 0.25) is 0 Å². The molecule has 2 aromatic heterocycles. The summed E-state index contributed by atoms with van der Waals surface area (Å²) < 4.78 is 4.99. The van der Waals surface area contributed by atoms with Gasteiger partial charge in [0.25, 0.3) is 5.91 Å². The van der Waals surface area contributed by atoms with E-state index in [9.17, 15) is 4.79 Å². The summed E-state index contributed by atoms with van der Waals surface area (Å²) in [6.07, 6.45) is 1.38. The van der Waals surface area contributed by atoms with E-state index in [-0.39, 0.29) is 5.91 Å². The van der Waals surface area contributed by atoms with Gasteiger partial charge in [0.2, 0.25) is 0 Å². The first-order valence-electron chi connectivity index (χ1n) is 7.69. The summed E-state index contributed by atoms with van der Waals surface area (Å²) in [7, 11) is 0. The van der Waals surface area contributed by atoms with Crippen molar-refractivity contribution < 1.29 is 9.32 Å². The number of anilines is 2. The Hall–Kier alpha value is -2.48. The first kappa shape index (κ1) is 15.4. The van der Waals surface area contributed by atoms with Crippen molar-refractivity contribution in [2.75, 3.05) is 38.0 Å². The molecule has 1 saturated heterocycles. The van der Waals surface area contributed by atoms with Crippen LogP contribution in [0.4, 0.5) is 11.6 Å². The van der Waals surface area contributed by atoms with E-state index in [1.807, 2.05) is 11.8 Å². The average Bonchev–Trinajstić information content (AvgIpc) is 2.99. The van der Waals surface area contributed by atoms with Gasteiger partial charge in [0, 0.05) is 38.3 Å². The second-order valence-corrected chi connectivity index (χ2v) is 5.46. The topological polar surface area (TPSA) is 87.4 Å². The molecule has 8 heteroatoms. The fourth-order valence-electron chi connectivity index (χ4n) is 2.53. The molecular weight excluding hydrogens is 296 g/mol. The van der Waals surface area contributed by atoms with E-state index in [0.717, 1.165) is 32.7 Å². The van der Waals surface area contributed by atoms with Crippen molar-refractivity contribution >= 4 is 17.5 Å². The summed E-state index contributed by atoms with van der Waals surface area (Å²) in [6, 6.07) is 3.39. The zero-order valence-electron chi connectivity index (χ0n) is 13.3. The van der Waals surface area contributed by atoms with E-state index < -0.39 is 0 Å². The van der Waals surface area contributed by atoms with Crippen molar-refractivity contribution in [3.63, 3.8) is 0 Å². The Morgan fingerprint density at radius 2 is 2.00 bits per heavy atom. The van der Waals surface area contributed by atoms with Gasteiger partial charge in [0.1, 0.15) is 23.6 Å². The van der Waals surface area contributed by atoms with Crippen molar-refractivity contribution in [1.29, 1.82) is 0 Å². The fraction of sp³-hybridized carbons (Fsp3) is 0.467. The normalized spacial score (nSPS) is 15.7. The maximum absolute atomic E-state index is 12.6. The van der Waals surface area contributed by atoms with Gasteiger partial charge in [-0.15, -0.1) is 0 Å². The van der Waals surface area contributed by atoms with Gasteiger partial charge in [0.15, 0.2) is 5.82 Å². The Morgan fingerprint density at radius 1 is 1.22 bits per heavy atom. The quantitative estimate of drug-likeness (QED) is 0.909. The van der Waals surface area contributed by atoms with Gasteiger partial charge < -0.3 is 19.6 Å². The minimum Gasteiger partial charge on any atom is -0.360 e. The second-order valence-electron chi connectivity index (χ2n) is 5.46. The summed E-state index contributed by atoms with van der Waals surface area (Å²) in [5, 5.41) is 6.85. The van der Waals surface area contributed by atoms with Crippen LogP contribution >= 0.6 is 0 Å². The Morgan fingerprint density at radius 3 is 2.65 bits per heavy atom. The SMILES string of the molecule is CCN1CCN(C(=O)c2cc(Nc3cc(C)on3)ncn2)CC1. The maximum atomic E-state index is 12.6. The van der Waals surface area contributed by atoms with Crippen LogP contribution in [0.5, 0.6) is 0 Å². The summed E-state index contributed by atoms with van der Waals surface area (Å²) in [4.78, 5) is 24.9. The average molecular weight is 316 g/mol. The highest BCUT2D eigenvalue weighted by atomic mass is 16.5. The third-order valence-corrected chi connectivity index (χ3v) is 3.88. The first-order valence-corrected chi connectivity index (χ1v) is 7.69. The molecular formula is C15H20N6O2. The number of carbonyl (C=O) groups is 1. The van der Waals surface area contributed by atoms with Crippen molar-refractivity contribution in [2.45, 2.75) is 13.8 Å². The van der Waals surface area contributed by atoms with Gasteiger partial charge in [-0.05, 0) is 13.5 Å². The smallest absolute Gasteiger partial charge is 0.272 e. The van der Waals surface area contributed by atoms with Gasteiger partial charge in [0.05, 0.1) is 0 Å². The van der Waals surface area contributed by atoms with Gasteiger partial charge >= 0.3 is 0 Å². The zero-order valence-corrected chi connectivity index (χ0v) is 13.3. The zero-order chi connectivity index (χ0) is 16.2. The van der Waals surface area contributed by atoms with Crippen LogP contribution in [-0.2, 0) is 0 Å². The third-order valence-electron chi connectivity index (χ3n) is 3.88. The van der Waals surface area contributed by atoms with Crippen LogP contribution < -0.4 is 5.32 Å². The molecule has 0 radical (unpaired) electrons. The molecule has 2 aromatic rings. The standard InChI is InChI=1S/C15H20N6O2/c1-3-20-4-6-21(7-5-20)15(22)12-9-13(17-10-16-12)18-14-8-11(2)23-19-14/h8-10H,3-7H2,1-2H3,(H,16,17,18,19). The number of amides is 1. The Kier molecular flexibility index (Phi) is 4.52. The molecule has 1 aliphatic heterocycles. The highest BCUT2D eigenvalue weighted by Crippen LogP contribution is 2.15. The summed E-state index contributed by atoms with van der Waals surface area (Å²) in [5.74, 6) is 1.70. The summed E-state index contributed by atoms with van der Waals surface area (Å²) in [6.45, 7) is 8.20. The van der Waals surface area contributed by atoms with Crippen LogP contribution in [0.15, 0.2) is 23.0 Å². The second kappa shape index (κ2) is 6.74. The molecule has 1 aliphatic rings. The van der Waals surface area contributed by atoms with Gasteiger partial charge in [-0.2, -0.15) is 0 Å². The number of hydrogen-bond acceptors (Lipinski definition) is 7. The van der Waals surface area contributed by atoms with Crippen molar-refractivity contribution in [3.05, 3.63) is 29.9 Å². The van der Waals surface area contributed by atoms with Gasteiger partial charge in [-0.3, -0.25) is 4.79 Å². The highest BCUT2D eigenvalue weighted by Gasteiger charge is 2.22. The number of rotatable bonds is 4. The lowest BCUT2D eigenvalue weighted by Crippen LogP contribution is -2.48. The summed E-state index contributed by atoms with van der Waals surface area (Å²) >= 11 is 0. The lowest BCUT2D eigenvalue weighted by Gasteiger charge is -2.33. The van der Waals surface area contributed by atoms with E-state index in [4.69, 9.17) is 4.52 Å². The lowest BCUT2D eigenvalue weighted by molar-refractivity contribution is 0.0637. The molecule has 0 aromatic carbocycles. The molecule has 1 fully saturated rings. The monoisotopic (exact) mass is 316 g/mol. The van der Waals surface area contributed by atoms with E-state index in [1.54, 1.807) is 12.1 Å². The number of aryl methyl sites for hydroxylation is 1. The van der Waals surface area contributed by atoms with E-state index in [0.29, 0.717) is 23.1 Å². The predicted molar refractivity (Wildman–Crippen MR) is 84.6 cm³/mol. The van der Waals surface area contributed by atoms with Gasteiger partial charge in [-0.25, -0.2) is 9.97 Å². The number of hydrogen-bond donors (Lipinski definition) is 1. The number of nitrogens with one attached hydrogen (secondary N) is 1. The molecule has 8 nitrogen and oxygen atoms in total. The molecule has 23 heavy (non-hydrogen) atoms. The Labute approximate surface area is 134 Å². The van der Waals surface area contributed by atoms with Crippen molar-refractivity contribution in [1.82, 2.24) is 24.9 Å². The number of likely N-dealkylation sites (N-methyl/N-ethyl adjacent to an activating group) is 1. The molecule has 3 heterocycles. The molecule has 0 spiro atoms.